The standard InChI is InChI=1S/C23H28ClN3O3/c1-15(2)21(26-22(28)17-5-7-18(24)8-6-17)23(29)27-12-10-19(11-13-27)30-20-9-4-16(3)14-25-20/h4-9,14-15,19,21H,10-13H2,1-3H3,(H,26,28). The van der Waals surface area contributed by atoms with Gasteiger partial charge in [-0.1, -0.05) is 31.5 Å². The van der Waals surface area contributed by atoms with Crippen LogP contribution in [0.15, 0.2) is 42.6 Å². The summed E-state index contributed by atoms with van der Waals surface area (Å²) < 4.78 is 5.95. The number of aryl methyl sites for hydroxylation is 1. The molecule has 2 amide bonds. The van der Waals surface area contributed by atoms with Gasteiger partial charge in [-0.15, -0.1) is 0 Å². The van der Waals surface area contributed by atoms with Crippen molar-refractivity contribution in [2.75, 3.05) is 13.1 Å². The third-order valence-corrected chi connectivity index (χ3v) is 5.50. The highest BCUT2D eigenvalue weighted by Gasteiger charge is 2.32. The van der Waals surface area contributed by atoms with Crippen molar-refractivity contribution in [3.8, 4) is 5.88 Å². The fourth-order valence-electron chi connectivity index (χ4n) is 3.42. The smallest absolute Gasteiger partial charge is 0.251 e. The number of rotatable bonds is 6. The molecule has 0 saturated carbocycles. The maximum Gasteiger partial charge on any atom is 0.251 e. The Hall–Kier alpha value is -2.60. The average molecular weight is 430 g/mol. The Labute approximate surface area is 182 Å². The number of aromatic nitrogens is 1. The van der Waals surface area contributed by atoms with Crippen molar-refractivity contribution in [3.05, 3.63) is 58.7 Å². The van der Waals surface area contributed by atoms with Gasteiger partial charge in [-0.05, 0) is 42.7 Å². The second-order valence-electron chi connectivity index (χ2n) is 8.02. The maximum absolute atomic E-state index is 13.1. The third kappa shape index (κ3) is 5.72. The first-order valence-corrected chi connectivity index (χ1v) is 10.7. The number of carbonyl (C=O) groups is 2. The first-order chi connectivity index (χ1) is 14.3. The molecule has 3 rings (SSSR count). The number of ether oxygens (including phenoxy) is 1. The molecule has 1 unspecified atom stereocenters. The fraction of sp³-hybridized carbons (Fsp3) is 0.435. The summed E-state index contributed by atoms with van der Waals surface area (Å²) in [4.78, 5) is 31.8. The lowest BCUT2D eigenvalue weighted by Gasteiger charge is -2.35. The lowest BCUT2D eigenvalue weighted by atomic mass is 10.00. The topological polar surface area (TPSA) is 71.5 Å². The SMILES string of the molecule is Cc1ccc(OC2CCN(C(=O)C(NC(=O)c3ccc(Cl)cc3)C(C)C)CC2)nc1. The van der Waals surface area contributed by atoms with E-state index in [1.54, 1.807) is 30.5 Å². The molecule has 0 radical (unpaired) electrons. The van der Waals surface area contributed by atoms with E-state index in [1.807, 2.05) is 37.8 Å². The fourth-order valence-corrected chi connectivity index (χ4v) is 3.55. The van der Waals surface area contributed by atoms with Crippen molar-refractivity contribution in [1.29, 1.82) is 0 Å². The van der Waals surface area contributed by atoms with Gasteiger partial charge in [-0.2, -0.15) is 0 Å². The Balaban J connectivity index is 1.56. The van der Waals surface area contributed by atoms with Crippen LogP contribution in [0, 0.1) is 12.8 Å². The number of nitrogens with zero attached hydrogens (tertiary/aromatic N) is 2. The Bertz CT molecular complexity index is 860. The van der Waals surface area contributed by atoms with E-state index < -0.39 is 6.04 Å². The highest BCUT2D eigenvalue weighted by atomic mass is 35.5. The number of nitrogens with one attached hydrogen (secondary N) is 1. The van der Waals surface area contributed by atoms with E-state index in [-0.39, 0.29) is 23.8 Å². The van der Waals surface area contributed by atoms with Gasteiger partial charge in [0.05, 0.1) is 0 Å². The maximum atomic E-state index is 13.1. The van der Waals surface area contributed by atoms with Gasteiger partial charge in [0.2, 0.25) is 11.8 Å². The van der Waals surface area contributed by atoms with Gasteiger partial charge in [0.15, 0.2) is 0 Å². The van der Waals surface area contributed by atoms with Gasteiger partial charge in [0.1, 0.15) is 12.1 Å². The monoisotopic (exact) mass is 429 g/mol. The molecule has 7 heteroatoms. The van der Waals surface area contributed by atoms with E-state index in [1.165, 1.54) is 0 Å². The molecule has 6 nitrogen and oxygen atoms in total. The van der Waals surface area contributed by atoms with Crippen LogP contribution in [0.4, 0.5) is 0 Å². The number of likely N-dealkylation sites (tertiary alicyclic amines) is 1. The van der Waals surface area contributed by atoms with Crippen LogP contribution in [-0.2, 0) is 4.79 Å². The number of halogens is 1. The first-order valence-electron chi connectivity index (χ1n) is 10.3. The Morgan fingerprint density at radius 1 is 1.13 bits per heavy atom. The van der Waals surface area contributed by atoms with E-state index in [4.69, 9.17) is 16.3 Å². The van der Waals surface area contributed by atoms with Crippen molar-refractivity contribution in [2.24, 2.45) is 5.92 Å². The molecule has 1 aliphatic heterocycles. The molecule has 1 saturated heterocycles. The molecular formula is C23H28ClN3O3. The van der Waals surface area contributed by atoms with Crippen molar-refractivity contribution in [1.82, 2.24) is 15.2 Å². The van der Waals surface area contributed by atoms with Crippen LogP contribution < -0.4 is 10.1 Å². The molecule has 2 heterocycles. The number of hydrogen-bond donors (Lipinski definition) is 1. The summed E-state index contributed by atoms with van der Waals surface area (Å²) >= 11 is 5.89. The van der Waals surface area contributed by atoms with E-state index in [0.29, 0.717) is 29.6 Å². The van der Waals surface area contributed by atoms with Crippen LogP contribution >= 0.6 is 11.6 Å². The molecule has 30 heavy (non-hydrogen) atoms. The lowest BCUT2D eigenvalue weighted by Crippen LogP contribution is -2.53. The number of carbonyl (C=O) groups excluding carboxylic acids is 2. The summed E-state index contributed by atoms with van der Waals surface area (Å²) in [5.74, 6) is 0.252. The normalized spacial score (nSPS) is 15.7. The van der Waals surface area contributed by atoms with Crippen LogP contribution in [0.3, 0.4) is 0 Å². The van der Waals surface area contributed by atoms with Crippen molar-refractivity contribution in [2.45, 2.75) is 45.8 Å². The minimum atomic E-state index is -0.579. The zero-order chi connectivity index (χ0) is 21.7. The third-order valence-electron chi connectivity index (χ3n) is 5.25. The van der Waals surface area contributed by atoms with Crippen LogP contribution in [0.25, 0.3) is 0 Å². The van der Waals surface area contributed by atoms with Gasteiger partial charge < -0.3 is 15.0 Å². The molecular weight excluding hydrogens is 402 g/mol. The quantitative estimate of drug-likeness (QED) is 0.756. The summed E-state index contributed by atoms with van der Waals surface area (Å²) in [6.07, 6.45) is 3.28. The van der Waals surface area contributed by atoms with Gasteiger partial charge in [-0.3, -0.25) is 9.59 Å². The van der Waals surface area contributed by atoms with E-state index in [9.17, 15) is 9.59 Å². The average Bonchev–Trinajstić information content (AvgIpc) is 2.74. The van der Waals surface area contributed by atoms with E-state index in [2.05, 4.69) is 10.3 Å². The minimum absolute atomic E-state index is 0.0283. The number of benzene rings is 1. The van der Waals surface area contributed by atoms with Crippen molar-refractivity contribution < 1.29 is 14.3 Å². The molecule has 0 aliphatic carbocycles. The largest absolute Gasteiger partial charge is 0.474 e. The molecule has 1 fully saturated rings. The number of piperidine rings is 1. The highest BCUT2D eigenvalue weighted by molar-refractivity contribution is 6.30. The molecule has 0 bridgehead atoms. The Morgan fingerprint density at radius 3 is 2.37 bits per heavy atom. The molecule has 0 spiro atoms. The number of hydrogen-bond acceptors (Lipinski definition) is 4. The predicted octanol–water partition coefficient (Wildman–Crippen LogP) is 3.87. The van der Waals surface area contributed by atoms with Crippen LogP contribution in [0.5, 0.6) is 5.88 Å². The van der Waals surface area contributed by atoms with Gasteiger partial charge >= 0.3 is 0 Å². The second kappa shape index (κ2) is 9.94. The van der Waals surface area contributed by atoms with Crippen molar-refractivity contribution in [3.63, 3.8) is 0 Å². The molecule has 1 aromatic heterocycles. The summed E-state index contributed by atoms with van der Waals surface area (Å²) in [5, 5.41) is 3.45. The van der Waals surface area contributed by atoms with Crippen LogP contribution in [-0.4, -0.2) is 46.9 Å². The van der Waals surface area contributed by atoms with Gasteiger partial charge in [0.25, 0.3) is 5.91 Å². The van der Waals surface area contributed by atoms with E-state index in [0.717, 1.165) is 18.4 Å². The summed E-state index contributed by atoms with van der Waals surface area (Å²) in [5.41, 5.74) is 1.57. The molecule has 2 aromatic rings. The second-order valence-corrected chi connectivity index (χ2v) is 8.45. The van der Waals surface area contributed by atoms with Crippen molar-refractivity contribution >= 4 is 23.4 Å². The molecule has 1 N–H and O–H groups in total. The minimum Gasteiger partial charge on any atom is -0.474 e. The van der Waals surface area contributed by atoms with Gasteiger partial charge in [-0.25, -0.2) is 4.98 Å². The highest BCUT2D eigenvalue weighted by Crippen LogP contribution is 2.19. The predicted molar refractivity (Wildman–Crippen MR) is 117 cm³/mol. The lowest BCUT2D eigenvalue weighted by molar-refractivity contribution is -0.136. The summed E-state index contributed by atoms with van der Waals surface area (Å²) in [6, 6.07) is 9.89. The molecule has 1 aromatic carbocycles. The Morgan fingerprint density at radius 2 is 1.80 bits per heavy atom. The first kappa shape index (κ1) is 22.1. The number of pyridine rings is 1. The zero-order valence-corrected chi connectivity index (χ0v) is 18.4. The Kier molecular flexibility index (Phi) is 7.32. The summed E-state index contributed by atoms with van der Waals surface area (Å²) in [6.45, 7) is 7.04. The van der Waals surface area contributed by atoms with E-state index >= 15 is 0 Å². The molecule has 1 aliphatic rings. The summed E-state index contributed by atoms with van der Waals surface area (Å²) in [7, 11) is 0. The number of amides is 2. The van der Waals surface area contributed by atoms with Gasteiger partial charge in [0, 0.05) is 48.8 Å². The zero-order valence-electron chi connectivity index (χ0n) is 17.6. The van der Waals surface area contributed by atoms with Crippen LogP contribution in [0.2, 0.25) is 5.02 Å². The van der Waals surface area contributed by atoms with Crippen LogP contribution in [0.1, 0.15) is 42.6 Å². The molecule has 1 atom stereocenters. The molecule has 160 valence electrons.